The second-order valence-electron chi connectivity index (χ2n) is 7.64. The van der Waals surface area contributed by atoms with Gasteiger partial charge >= 0.3 is 11.6 Å². The summed E-state index contributed by atoms with van der Waals surface area (Å²) >= 11 is 0. The zero-order valence-electron chi connectivity index (χ0n) is 18.7. The van der Waals surface area contributed by atoms with Crippen molar-refractivity contribution < 1.29 is 18.7 Å². The molecule has 7 heteroatoms. The number of hydrogen-bond donors (Lipinski definition) is 1. The number of likely N-dealkylation sites (N-methyl/N-ethyl adjacent to an activating group) is 1. The summed E-state index contributed by atoms with van der Waals surface area (Å²) in [5.74, 6) is -0.628. The molecule has 7 nitrogen and oxygen atoms in total. The zero-order valence-corrected chi connectivity index (χ0v) is 18.7. The van der Waals surface area contributed by atoms with Crippen molar-refractivity contribution in [3.63, 3.8) is 0 Å². The average Bonchev–Trinajstić information content (AvgIpc) is 2.86. The van der Waals surface area contributed by atoms with Crippen LogP contribution in [0.1, 0.15) is 22.8 Å². The first kappa shape index (κ1) is 22.8. The van der Waals surface area contributed by atoms with E-state index < -0.39 is 11.6 Å². The number of ether oxygens (including phenoxy) is 1. The molecule has 172 valence electrons. The Morgan fingerprint density at radius 2 is 1.65 bits per heavy atom. The molecule has 4 rings (SSSR count). The molecule has 1 aromatic heterocycles. The molecule has 3 aromatic carbocycles. The molecule has 0 saturated carbocycles. The van der Waals surface area contributed by atoms with Crippen molar-refractivity contribution in [1.82, 2.24) is 0 Å². The van der Waals surface area contributed by atoms with Gasteiger partial charge < -0.3 is 19.4 Å². The molecule has 0 unspecified atom stereocenters. The Hall–Kier alpha value is -4.39. The number of carbonyl (C=O) groups is 2. The predicted octanol–water partition coefficient (Wildman–Crippen LogP) is 4.62. The van der Waals surface area contributed by atoms with Crippen molar-refractivity contribution in [2.75, 3.05) is 23.3 Å². The summed E-state index contributed by atoms with van der Waals surface area (Å²) in [6.45, 7) is 2.59. The highest BCUT2D eigenvalue weighted by atomic mass is 16.5. The summed E-state index contributed by atoms with van der Waals surface area (Å²) in [6, 6.07) is 24.6. The van der Waals surface area contributed by atoms with Gasteiger partial charge in [-0.3, -0.25) is 4.79 Å². The number of para-hydroxylation sites is 1. The normalized spacial score (nSPS) is 10.6. The van der Waals surface area contributed by atoms with Crippen LogP contribution in [0.5, 0.6) is 0 Å². The first-order valence-corrected chi connectivity index (χ1v) is 10.9. The first-order chi connectivity index (χ1) is 16.5. The van der Waals surface area contributed by atoms with Crippen LogP contribution in [0.2, 0.25) is 0 Å². The first-order valence-electron chi connectivity index (χ1n) is 10.9. The maximum absolute atomic E-state index is 12.5. The third-order valence-corrected chi connectivity index (χ3v) is 5.32. The molecule has 4 aromatic rings. The summed E-state index contributed by atoms with van der Waals surface area (Å²) in [7, 11) is 0. The lowest BCUT2D eigenvalue weighted by atomic mass is 10.1. The van der Waals surface area contributed by atoms with Gasteiger partial charge in [0.1, 0.15) is 12.2 Å². The lowest BCUT2D eigenvalue weighted by Gasteiger charge is -2.23. The Kier molecular flexibility index (Phi) is 7.03. The zero-order chi connectivity index (χ0) is 23.9. The molecule has 0 atom stereocenters. The fraction of sp³-hybridized carbons (Fsp3) is 0.148. The van der Waals surface area contributed by atoms with Crippen LogP contribution in [0.4, 0.5) is 11.4 Å². The smallest absolute Gasteiger partial charge is 0.338 e. The largest absolute Gasteiger partial charge is 0.457 e. The van der Waals surface area contributed by atoms with Crippen molar-refractivity contribution in [2.45, 2.75) is 13.5 Å². The van der Waals surface area contributed by atoms with Gasteiger partial charge in [0.15, 0.2) is 0 Å². The molecule has 1 N–H and O–H groups in total. The van der Waals surface area contributed by atoms with E-state index in [1.165, 1.54) is 6.07 Å². The molecule has 0 aliphatic rings. The highest BCUT2D eigenvalue weighted by Crippen LogP contribution is 2.24. The van der Waals surface area contributed by atoms with E-state index in [2.05, 4.69) is 5.32 Å². The molecular weight excluding hydrogens is 432 g/mol. The molecular formula is C27H24N2O5. The summed E-state index contributed by atoms with van der Waals surface area (Å²) < 4.78 is 10.8. The van der Waals surface area contributed by atoms with E-state index in [1.807, 2.05) is 54.3 Å². The van der Waals surface area contributed by atoms with Crippen molar-refractivity contribution in [1.29, 1.82) is 0 Å². The minimum absolute atomic E-state index is 0.0633. The number of nitrogens with zero attached hydrogens (tertiary/aromatic N) is 1. The molecule has 0 bridgehead atoms. The predicted molar refractivity (Wildman–Crippen MR) is 131 cm³/mol. The van der Waals surface area contributed by atoms with E-state index >= 15 is 0 Å². The maximum atomic E-state index is 12.5. The molecule has 0 aliphatic heterocycles. The lowest BCUT2D eigenvalue weighted by Crippen LogP contribution is -2.33. The number of esters is 1. The van der Waals surface area contributed by atoms with Crippen LogP contribution in [-0.2, 0) is 16.1 Å². The van der Waals surface area contributed by atoms with Crippen molar-refractivity contribution in [3.8, 4) is 0 Å². The van der Waals surface area contributed by atoms with E-state index in [0.29, 0.717) is 28.6 Å². The quantitative estimate of drug-likeness (QED) is 0.308. The molecule has 1 amide bonds. The summed E-state index contributed by atoms with van der Waals surface area (Å²) in [5.41, 5.74) is 2.26. The van der Waals surface area contributed by atoms with E-state index in [1.54, 1.807) is 36.4 Å². The molecule has 0 fully saturated rings. The molecule has 34 heavy (non-hydrogen) atoms. The van der Waals surface area contributed by atoms with E-state index in [0.717, 1.165) is 11.4 Å². The molecule has 0 spiro atoms. The monoisotopic (exact) mass is 456 g/mol. The van der Waals surface area contributed by atoms with Gasteiger partial charge in [-0.05, 0) is 43.3 Å². The van der Waals surface area contributed by atoms with Gasteiger partial charge in [-0.1, -0.05) is 36.4 Å². The van der Waals surface area contributed by atoms with Crippen molar-refractivity contribution >= 4 is 34.2 Å². The number of carbonyl (C=O) groups excluding carboxylic acids is 2. The van der Waals surface area contributed by atoms with Gasteiger partial charge in [-0.2, -0.15) is 0 Å². The number of hydrogen-bond acceptors (Lipinski definition) is 6. The number of benzene rings is 3. The van der Waals surface area contributed by atoms with E-state index in [-0.39, 0.29) is 19.1 Å². The van der Waals surface area contributed by atoms with E-state index in [9.17, 15) is 14.4 Å². The Labute approximate surface area is 196 Å². The number of nitrogens with one attached hydrogen (secondary N) is 1. The number of fused-ring (bicyclic) bond motifs is 1. The summed E-state index contributed by atoms with van der Waals surface area (Å²) in [6.07, 6.45) is 0. The van der Waals surface area contributed by atoms with Crippen LogP contribution >= 0.6 is 0 Å². The number of anilines is 2. The minimum Gasteiger partial charge on any atom is -0.457 e. The fourth-order valence-electron chi connectivity index (χ4n) is 3.62. The van der Waals surface area contributed by atoms with Crippen molar-refractivity contribution in [3.05, 3.63) is 106 Å². The van der Waals surface area contributed by atoms with Crippen LogP contribution in [0, 0.1) is 0 Å². The highest BCUT2D eigenvalue weighted by molar-refractivity contribution is 5.94. The van der Waals surface area contributed by atoms with Crippen LogP contribution < -0.4 is 15.8 Å². The van der Waals surface area contributed by atoms with Gasteiger partial charge in [-0.25, -0.2) is 9.59 Å². The Balaban J connectivity index is 1.52. The fourth-order valence-corrected chi connectivity index (χ4v) is 3.62. The van der Waals surface area contributed by atoms with Crippen LogP contribution in [0.25, 0.3) is 11.0 Å². The topological polar surface area (TPSA) is 88.9 Å². The van der Waals surface area contributed by atoms with Crippen LogP contribution in [0.3, 0.4) is 0 Å². The van der Waals surface area contributed by atoms with Gasteiger partial charge in [-0.15, -0.1) is 0 Å². The highest BCUT2D eigenvalue weighted by Gasteiger charge is 2.14. The summed E-state index contributed by atoms with van der Waals surface area (Å²) in [5, 5.41) is 3.53. The maximum Gasteiger partial charge on any atom is 0.338 e. The Bertz CT molecular complexity index is 1350. The minimum atomic E-state index is -0.541. The third kappa shape index (κ3) is 5.50. The van der Waals surface area contributed by atoms with E-state index in [4.69, 9.17) is 9.15 Å². The summed E-state index contributed by atoms with van der Waals surface area (Å²) in [4.78, 5) is 38.8. The number of rotatable bonds is 8. The van der Waals surface area contributed by atoms with Crippen molar-refractivity contribution in [2.24, 2.45) is 0 Å². The van der Waals surface area contributed by atoms with Gasteiger partial charge in [0.2, 0.25) is 5.91 Å². The van der Waals surface area contributed by atoms with Crippen LogP contribution in [-0.4, -0.2) is 25.0 Å². The Morgan fingerprint density at radius 3 is 2.35 bits per heavy atom. The second-order valence-corrected chi connectivity index (χ2v) is 7.64. The molecule has 0 saturated heterocycles. The molecule has 1 heterocycles. The van der Waals surface area contributed by atoms with Gasteiger partial charge in [0.05, 0.1) is 12.1 Å². The molecule has 0 aliphatic carbocycles. The number of amides is 1. The lowest BCUT2D eigenvalue weighted by molar-refractivity contribution is -0.115. The Morgan fingerprint density at radius 1 is 0.941 bits per heavy atom. The average molecular weight is 456 g/mol. The standard InChI is InChI=1S/C27H24N2O5/c1-2-29(17-25(30)28-21-11-7-4-8-12-21)22-13-14-23-20(15-26(31)34-24(23)16-22)18-33-27(32)19-9-5-3-6-10-19/h3-16H,2,17-18H2,1H3,(H,28,30). The second kappa shape index (κ2) is 10.5. The van der Waals surface area contributed by atoms with Crippen LogP contribution in [0.15, 0.2) is 94.1 Å². The van der Waals surface area contributed by atoms with Gasteiger partial charge in [0.25, 0.3) is 0 Å². The molecule has 0 radical (unpaired) electrons. The third-order valence-electron chi connectivity index (χ3n) is 5.32. The SMILES string of the molecule is CCN(CC(=O)Nc1ccccc1)c1ccc2c(COC(=O)c3ccccc3)cc(=O)oc2c1. The van der Waals surface area contributed by atoms with Gasteiger partial charge in [0, 0.05) is 41.0 Å².